The van der Waals surface area contributed by atoms with E-state index in [1.165, 1.54) is 0 Å². The minimum absolute atomic E-state index is 0.0632. The van der Waals surface area contributed by atoms with Crippen LogP contribution in [0.4, 0.5) is 0 Å². The summed E-state index contributed by atoms with van der Waals surface area (Å²) in [7, 11) is 0. The van der Waals surface area contributed by atoms with Crippen LogP contribution in [0, 0.1) is 0 Å². The van der Waals surface area contributed by atoms with Crippen LogP contribution < -0.4 is 0 Å². The summed E-state index contributed by atoms with van der Waals surface area (Å²) < 4.78 is 0. The summed E-state index contributed by atoms with van der Waals surface area (Å²) in [6.45, 7) is 0. The molecule has 0 aromatic rings. The molecule has 0 aromatic heterocycles. The molecule has 0 radical (unpaired) electrons. The van der Waals surface area contributed by atoms with E-state index in [0.29, 0.717) is 12.8 Å². The van der Waals surface area contributed by atoms with E-state index < -0.39 is 23.9 Å². The highest BCUT2D eigenvalue weighted by Gasteiger charge is 2.00. The van der Waals surface area contributed by atoms with Crippen LogP contribution in [0.25, 0.3) is 0 Å². The van der Waals surface area contributed by atoms with Gasteiger partial charge in [0.25, 0.3) is 0 Å². The summed E-state index contributed by atoms with van der Waals surface area (Å²) in [5.74, 6) is -3.46. The second kappa shape index (κ2) is 14.3. The number of carboxylic acids is 4. The Morgan fingerprint density at radius 3 is 0.905 bits per heavy atom. The van der Waals surface area contributed by atoms with Crippen molar-refractivity contribution in [3.05, 3.63) is 0 Å². The fraction of sp³-hybridized carbons (Fsp3) is 0.692. The molecule has 0 saturated carbocycles. The second-order valence-electron chi connectivity index (χ2n) is 4.34. The van der Waals surface area contributed by atoms with Gasteiger partial charge in [0.15, 0.2) is 0 Å². The predicted octanol–water partition coefficient (Wildman–Crippen LogP) is 1.82. The van der Waals surface area contributed by atoms with Gasteiger partial charge in [0.05, 0.1) is 0 Å². The maximum Gasteiger partial charge on any atom is 0.303 e. The number of unbranched alkanes of at least 4 members (excludes halogenated alkanes) is 3. The summed E-state index contributed by atoms with van der Waals surface area (Å²) in [5.41, 5.74) is 0. The molecule has 122 valence electrons. The van der Waals surface area contributed by atoms with Crippen LogP contribution in [0.1, 0.15) is 57.8 Å². The van der Waals surface area contributed by atoms with Gasteiger partial charge in [-0.2, -0.15) is 0 Å². The molecule has 0 saturated heterocycles. The van der Waals surface area contributed by atoms with Crippen LogP contribution >= 0.6 is 0 Å². The summed E-state index contributed by atoms with van der Waals surface area (Å²) in [6.07, 6.45) is 3.37. The van der Waals surface area contributed by atoms with Crippen LogP contribution in [0.5, 0.6) is 0 Å². The predicted molar refractivity (Wildman–Crippen MR) is 72.1 cm³/mol. The number of hydrogen-bond acceptors (Lipinski definition) is 4. The Morgan fingerprint density at radius 2 is 0.667 bits per heavy atom. The van der Waals surface area contributed by atoms with Crippen LogP contribution in [-0.4, -0.2) is 44.3 Å². The third kappa shape index (κ3) is 27.2. The maximum atomic E-state index is 10.0. The van der Waals surface area contributed by atoms with E-state index in [4.69, 9.17) is 20.4 Å². The van der Waals surface area contributed by atoms with Gasteiger partial charge in [0.1, 0.15) is 0 Å². The van der Waals surface area contributed by atoms with Crippen molar-refractivity contribution >= 4 is 23.9 Å². The normalized spacial score (nSPS) is 9.33. The third-order valence-corrected chi connectivity index (χ3v) is 2.31. The molecule has 0 heterocycles. The molecule has 0 rings (SSSR count). The molecule has 0 spiro atoms. The quantitative estimate of drug-likeness (QED) is 0.422. The first kappa shape index (κ1) is 21.2. The average molecular weight is 306 g/mol. The molecule has 0 unspecified atom stereocenters. The SMILES string of the molecule is O=C(O)CCCC(=O)O.O=C(O)CCCCCCC(=O)O. The lowest BCUT2D eigenvalue weighted by atomic mass is 10.1. The molecule has 0 fully saturated rings. The lowest BCUT2D eigenvalue weighted by molar-refractivity contribution is -0.139. The Labute approximate surface area is 122 Å². The maximum absolute atomic E-state index is 10.0. The zero-order valence-corrected chi connectivity index (χ0v) is 11.8. The Morgan fingerprint density at radius 1 is 0.429 bits per heavy atom. The lowest BCUT2D eigenvalue weighted by Gasteiger charge is -1.96. The van der Waals surface area contributed by atoms with Crippen LogP contribution in [0.3, 0.4) is 0 Å². The van der Waals surface area contributed by atoms with Gasteiger partial charge in [-0.1, -0.05) is 12.8 Å². The number of carboxylic acid groups (broad SMARTS) is 4. The summed E-state index contributed by atoms with van der Waals surface area (Å²) >= 11 is 0. The van der Waals surface area contributed by atoms with Gasteiger partial charge < -0.3 is 20.4 Å². The van der Waals surface area contributed by atoms with Crippen molar-refractivity contribution in [2.45, 2.75) is 57.8 Å². The molecule has 8 heteroatoms. The van der Waals surface area contributed by atoms with Gasteiger partial charge in [-0.05, 0) is 19.3 Å². The summed E-state index contributed by atoms with van der Waals surface area (Å²) in [5, 5.41) is 32.6. The van der Waals surface area contributed by atoms with E-state index in [9.17, 15) is 19.2 Å². The molecule has 0 atom stereocenters. The van der Waals surface area contributed by atoms with Crippen LogP contribution in [0.2, 0.25) is 0 Å². The highest BCUT2D eigenvalue weighted by atomic mass is 16.4. The molecule has 0 aromatic carbocycles. The van der Waals surface area contributed by atoms with Gasteiger partial charge in [-0.3, -0.25) is 19.2 Å². The molecule has 8 nitrogen and oxygen atoms in total. The van der Waals surface area contributed by atoms with Crippen molar-refractivity contribution in [1.29, 1.82) is 0 Å². The monoisotopic (exact) mass is 306 g/mol. The molecule has 0 bridgehead atoms. The Balaban J connectivity index is 0. The van der Waals surface area contributed by atoms with Crippen molar-refractivity contribution in [3.8, 4) is 0 Å². The van der Waals surface area contributed by atoms with Crippen molar-refractivity contribution in [1.82, 2.24) is 0 Å². The Bertz CT molecular complexity index is 305. The number of hydrogen-bond donors (Lipinski definition) is 4. The van der Waals surface area contributed by atoms with E-state index in [1.54, 1.807) is 0 Å². The first-order valence-corrected chi connectivity index (χ1v) is 6.63. The molecule has 0 aliphatic heterocycles. The number of carbonyl (C=O) groups is 4. The zero-order valence-electron chi connectivity index (χ0n) is 11.8. The summed E-state index contributed by atoms with van der Waals surface area (Å²) in [4.78, 5) is 39.7. The largest absolute Gasteiger partial charge is 0.481 e. The van der Waals surface area contributed by atoms with Crippen molar-refractivity contribution < 1.29 is 39.6 Å². The number of rotatable bonds is 11. The molecule has 0 aliphatic rings. The first-order chi connectivity index (χ1) is 9.75. The zero-order chi connectivity index (χ0) is 16.7. The van der Waals surface area contributed by atoms with E-state index in [0.717, 1.165) is 12.8 Å². The highest BCUT2D eigenvalue weighted by Crippen LogP contribution is 2.04. The van der Waals surface area contributed by atoms with E-state index in [1.807, 2.05) is 0 Å². The molecular formula is C13H22O8. The first-order valence-electron chi connectivity index (χ1n) is 6.63. The van der Waals surface area contributed by atoms with Gasteiger partial charge in [-0.25, -0.2) is 0 Å². The van der Waals surface area contributed by atoms with Crippen molar-refractivity contribution in [2.75, 3.05) is 0 Å². The molecule has 0 aliphatic carbocycles. The van der Waals surface area contributed by atoms with E-state index in [2.05, 4.69) is 0 Å². The van der Waals surface area contributed by atoms with Gasteiger partial charge >= 0.3 is 23.9 Å². The number of aliphatic carboxylic acids is 4. The van der Waals surface area contributed by atoms with Crippen LogP contribution in [0.15, 0.2) is 0 Å². The Hall–Kier alpha value is -2.12. The van der Waals surface area contributed by atoms with Gasteiger partial charge in [0.2, 0.25) is 0 Å². The minimum Gasteiger partial charge on any atom is -0.481 e. The fourth-order valence-electron chi connectivity index (χ4n) is 1.30. The van der Waals surface area contributed by atoms with Crippen molar-refractivity contribution in [2.24, 2.45) is 0 Å². The standard InChI is InChI=1S/C8H14O4.C5H8O4/c9-7(10)5-3-1-2-4-6-8(11)12;6-4(7)2-1-3-5(8)9/h1-6H2,(H,9,10)(H,11,12);1-3H2,(H,6,7)(H,8,9). The minimum atomic E-state index is -0.948. The summed E-state index contributed by atoms with van der Waals surface area (Å²) in [6, 6.07) is 0. The van der Waals surface area contributed by atoms with Gasteiger partial charge in [-0.15, -0.1) is 0 Å². The second-order valence-corrected chi connectivity index (χ2v) is 4.34. The fourth-order valence-corrected chi connectivity index (χ4v) is 1.30. The third-order valence-electron chi connectivity index (χ3n) is 2.31. The smallest absolute Gasteiger partial charge is 0.303 e. The molecule has 4 N–H and O–H groups in total. The topological polar surface area (TPSA) is 149 Å². The lowest BCUT2D eigenvalue weighted by Crippen LogP contribution is -1.98. The molecule has 0 amide bonds. The Kier molecular flexibility index (Phi) is 14.4. The van der Waals surface area contributed by atoms with E-state index in [-0.39, 0.29) is 32.1 Å². The molecule has 21 heavy (non-hydrogen) atoms. The van der Waals surface area contributed by atoms with Crippen molar-refractivity contribution in [3.63, 3.8) is 0 Å². The average Bonchev–Trinajstić information content (AvgIpc) is 2.32. The highest BCUT2D eigenvalue weighted by molar-refractivity contribution is 5.70. The van der Waals surface area contributed by atoms with Gasteiger partial charge in [0, 0.05) is 25.7 Å². The van der Waals surface area contributed by atoms with Crippen LogP contribution in [-0.2, 0) is 19.2 Å². The van der Waals surface area contributed by atoms with E-state index >= 15 is 0 Å². The molecular weight excluding hydrogens is 284 g/mol.